The summed E-state index contributed by atoms with van der Waals surface area (Å²) in [6.07, 6.45) is 5.88. The van der Waals surface area contributed by atoms with Crippen molar-refractivity contribution in [3.05, 3.63) is 23.8 Å². The molecule has 1 saturated carbocycles. The minimum absolute atomic E-state index is 0.196. The molecule has 5 heteroatoms. The normalized spacial score (nSPS) is 23.5. The van der Waals surface area contributed by atoms with Crippen LogP contribution in [0.5, 0.6) is 11.5 Å². The minimum Gasteiger partial charge on any atom is -0.493 e. The number of benzene rings is 1. The van der Waals surface area contributed by atoms with Crippen molar-refractivity contribution in [3.63, 3.8) is 0 Å². The van der Waals surface area contributed by atoms with Crippen LogP contribution in [0.25, 0.3) is 0 Å². The highest BCUT2D eigenvalue weighted by molar-refractivity contribution is 5.48. The number of hydrogen-bond donors (Lipinski definition) is 0. The van der Waals surface area contributed by atoms with Crippen molar-refractivity contribution >= 4 is 6.08 Å². The molecule has 0 aromatic heterocycles. The van der Waals surface area contributed by atoms with Crippen molar-refractivity contribution in [2.45, 2.75) is 37.3 Å². The van der Waals surface area contributed by atoms with Crippen LogP contribution in [0.1, 0.15) is 31.2 Å². The highest BCUT2D eigenvalue weighted by Gasteiger charge is 2.45. The van der Waals surface area contributed by atoms with E-state index < -0.39 is 0 Å². The number of hydrogen-bond acceptors (Lipinski definition) is 5. The van der Waals surface area contributed by atoms with Gasteiger partial charge in [0.05, 0.1) is 12.6 Å². The van der Waals surface area contributed by atoms with E-state index in [-0.39, 0.29) is 11.6 Å². The number of isocyanates is 1. The number of piperidine rings is 1. The van der Waals surface area contributed by atoms with Gasteiger partial charge in [-0.2, -0.15) is 4.99 Å². The van der Waals surface area contributed by atoms with E-state index >= 15 is 0 Å². The van der Waals surface area contributed by atoms with Gasteiger partial charge in [-0.25, -0.2) is 4.79 Å². The van der Waals surface area contributed by atoms with Gasteiger partial charge in [-0.05, 0) is 57.0 Å². The highest BCUT2D eigenvalue weighted by atomic mass is 16.5. The Hall–Kier alpha value is -1.84. The lowest BCUT2D eigenvalue weighted by atomic mass is 10.0. The van der Waals surface area contributed by atoms with Gasteiger partial charge in [0.1, 0.15) is 6.10 Å². The van der Waals surface area contributed by atoms with Gasteiger partial charge in [0, 0.05) is 6.54 Å². The molecule has 1 aliphatic carbocycles. The summed E-state index contributed by atoms with van der Waals surface area (Å²) in [5, 5.41) is 0. The van der Waals surface area contributed by atoms with Crippen molar-refractivity contribution in [2.24, 2.45) is 4.99 Å². The molecule has 0 spiro atoms. The molecule has 22 heavy (non-hydrogen) atoms. The number of aliphatic imine (C=N–C) groups is 1. The molecular formula is C17H22N2O3. The zero-order valence-electron chi connectivity index (χ0n) is 13.2. The smallest absolute Gasteiger partial charge is 0.235 e. The Morgan fingerprint density at radius 3 is 2.82 bits per heavy atom. The number of ether oxygens (including phenoxy) is 2. The molecule has 0 N–H and O–H groups in total. The zero-order chi connectivity index (χ0) is 15.6. The Labute approximate surface area is 130 Å². The first kappa shape index (κ1) is 15.1. The summed E-state index contributed by atoms with van der Waals surface area (Å²) >= 11 is 0. The monoisotopic (exact) mass is 302 g/mol. The molecule has 2 aliphatic rings. The van der Waals surface area contributed by atoms with Gasteiger partial charge in [0.25, 0.3) is 0 Å². The first-order valence-electron chi connectivity index (χ1n) is 7.79. The second kappa shape index (κ2) is 6.11. The number of likely N-dealkylation sites (N-methyl/N-ethyl adjacent to an activating group) is 1. The summed E-state index contributed by atoms with van der Waals surface area (Å²) in [7, 11) is 3.76. The number of rotatable bonds is 5. The summed E-state index contributed by atoms with van der Waals surface area (Å²) in [6, 6.07) is 5.86. The molecule has 1 saturated heterocycles. The molecule has 0 bridgehead atoms. The molecule has 3 rings (SSSR count). The maximum absolute atomic E-state index is 10.6. The maximum atomic E-state index is 10.6. The third-order valence-corrected chi connectivity index (χ3v) is 4.56. The molecular weight excluding hydrogens is 280 g/mol. The summed E-state index contributed by atoms with van der Waals surface area (Å²) in [5.74, 6) is 1.47. The van der Waals surface area contributed by atoms with E-state index in [2.05, 4.69) is 16.9 Å². The average Bonchev–Trinajstić information content (AvgIpc) is 3.29. The van der Waals surface area contributed by atoms with Gasteiger partial charge >= 0.3 is 0 Å². The quantitative estimate of drug-likeness (QED) is 0.619. The van der Waals surface area contributed by atoms with Gasteiger partial charge in [0.2, 0.25) is 6.08 Å². The Balaban J connectivity index is 1.79. The van der Waals surface area contributed by atoms with Crippen LogP contribution in [-0.4, -0.2) is 44.3 Å². The fourth-order valence-electron chi connectivity index (χ4n) is 3.12. The molecule has 1 atom stereocenters. The van der Waals surface area contributed by atoms with Crippen LogP contribution in [0.3, 0.4) is 0 Å². The summed E-state index contributed by atoms with van der Waals surface area (Å²) in [4.78, 5) is 16.8. The lowest BCUT2D eigenvalue weighted by Crippen LogP contribution is -2.38. The van der Waals surface area contributed by atoms with Gasteiger partial charge in [-0.1, -0.05) is 6.07 Å². The third-order valence-electron chi connectivity index (χ3n) is 4.56. The lowest BCUT2D eigenvalue weighted by molar-refractivity contribution is 0.101. The van der Waals surface area contributed by atoms with Gasteiger partial charge in [-0.15, -0.1) is 0 Å². The zero-order valence-corrected chi connectivity index (χ0v) is 13.2. The van der Waals surface area contributed by atoms with E-state index in [0.29, 0.717) is 5.75 Å². The Bertz CT molecular complexity index is 592. The summed E-state index contributed by atoms with van der Waals surface area (Å²) < 4.78 is 11.6. The van der Waals surface area contributed by atoms with Crippen LogP contribution in [-0.2, 0) is 10.3 Å². The fraction of sp³-hybridized carbons (Fsp3) is 0.588. The molecule has 2 fully saturated rings. The molecule has 1 heterocycles. The van der Waals surface area contributed by atoms with Crippen LogP contribution < -0.4 is 9.47 Å². The van der Waals surface area contributed by atoms with Crippen molar-refractivity contribution in [3.8, 4) is 11.5 Å². The predicted octanol–water partition coefficient (Wildman–Crippen LogP) is 2.49. The second-order valence-electron chi connectivity index (χ2n) is 6.24. The summed E-state index contributed by atoms with van der Waals surface area (Å²) in [5.41, 5.74) is 0.624. The van der Waals surface area contributed by atoms with Crippen molar-refractivity contribution in [2.75, 3.05) is 27.2 Å². The van der Waals surface area contributed by atoms with Gasteiger partial charge < -0.3 is 14.4 Å². The molecule has 1 unspecified atom stereocenters. The maximum Gasteiger partial charge on any atom is 0.235 e. The van der Waals surface area contributed by atoms with Crippen LogP contribution in [0.2, 0.25) is 0 Å². The van der Waals surface area contributed by atoms with Crippen molar-refractivity contribution in [1.29, 1.82) is 0 Å². The Morgan fingerprint density at radius 1 is 1.36 bits per heavy atom. The van der Waals surface area contributed by atoms with E-state index in [1.54, 1.807) is 13.2 Å². The minimum atomic E-state index is -0.376. The molecule has 1 aliphatic heterocycles. The topological polar surface area (TPSA) is 51.1 Å². The summed E-state index contributed by atoms with van der Waals surface area (Å²) in [6.45, 7) is 2.06. The molecule has 5 nitrogen and oxygen atoms in total. The van der Waals surface area contributed by atoms with Gasteiger partial charge in [-0.3, -0.25) is 0 Å². The molecule has 1 aromatic rings. The molecule has 0 amide bonds. The number of likely N-dealkylation sites (tertiary alicyclic amines) is 1. The van der Waals surface area contributed by atoms with Gasteiger partial charge in [0.15, 0.2) is 11.5 Å². The molecule has 118 valence electrons. The van der Waals surface area contributed by atoms with E-state index in [1.165, 1.54) is 0 Å². The van der Waals surface area contributed by atoms with Crippen LogP contribution in [0.4, 0.5) is 0 Å². The molecule has 1 aromatic carbocycles. The third kappa shape index (κ3) is 3.01. The van der Waals surface area contributed by atoms with Crippen molar-refractivity contribution in [1.82, 2.24) is 4.90 Å². The Morgan fingerprint density at radius 2 is 2.18 bits per heavy atom. The lowest BCUT2D eigenvalue weighted by Gasteiger charge is -2.30. The molecule has 0 radical (unpaired) electrons. The number of carbonyl (C=O) groups excluding carboxylic acids is 1. The SMILES string of the molecule is COc1cc(C2(N=C=O)CC2)ccc1OC1CCCN(C)C1. The van der Waals surface area contributed by atoms with E-state index in [1.807, 2.05) is 18.2 Å². The number of methoxy groups -OCH3 is 1. The largest absolute Gasteiger partial charge is 0.493 e. The number of nitrogens with zero attached hydrogens (tertiary/aromatic N) is 2. The second-order valence-corrected chi connectivity index (χ2v) is 6.24. The first-order valence-corrected chi connectivity index (χ1v) is 7.79. The highest BCUT2D eigenvalue weighted by Crippen LogP contribution is 2.50. The standard InChI is InChI=1S/C17H22N2O3/c1-19-9-3-4-14(11-19)22-15-6-5-13(10-16(15)21-2)17(7-8-17)18-12-20/h5-6,10,14H,3-4,7-9,11H2,1-2H3. The average molecular weight is 302 g/mol. The van der Waals surface area contributed by atoms with Crippen molar-refractivity contribution < 1.29 is 14.3 Å². The predicted molar refractivity (Wildman–Crippen MR) is 83.2 cm³/mol. The van der Waals surface area contributed by atoms with E-state index in [9.17, 15) is 4.79 Å². The fourth-order valence-corrected chi connectivity index (χ4v) is 3.12. The van der Waals surface area contributed by atoms with E-state index in [0.717, 1.165) is 50.1 Å². The van der Waals surface area contributed by atoms with E-state index in [4.69, 9.17) is 9.47 Å². The van der Waals surface area contributed by atoms with Crippen LogP contribution >= 0.6 is 0 Å². The van der Waals surface area contributed by atoms with Crippen LogP contribution in [0, 0.1) is 0 Å². The van der Waals surface area contributed by atoms with Crippen LogP contribution in [0.15, 0.2) is 23.2 Å². The Kier molecular flexibility index (Phi) is 4.19. The first-order chi connectivity index (χ1) is 10.7.